The first-order valence-electron chi connectivity index (χ1n) is 4.89. The van der Waals surface area contributed by atoms with E-state index in [1.165, 1.54) is 0 Å². The molecule has 0 aliphatic rings. The van der Waals surface area contributed by atoms with Gasteiger partial charge >= 0.3 is 0 Å². The van der Waals surface area contributed by atoms with Gasteiger partial charge in [0.2, 0.25) is 0 Å². The third kappa shape index (κ3) is 1.70. The number of aliphatic hydroxyl groups excluding tert-OH is 1. The van der Waals surface area contributed by atoms with Crippen LogP contribution >= 0.6 is 11.6 Å². The van der Waals surface area contributed by atoms with Gasteiger partial charge < -0.3 is 9.67 Å². The number of hydrogen-bond acceptors (Lipinski definition) is 3. The molecule has 1 aromatic carbocycles. The fourth-order valence-corrected chi connectivity index (χ4v) is 1.76. The lowest BCUT2D eigenvalue weighted by Gasteiger charge is -2.06. The normalized spacial score (nSPS) is 10.8. The highest BCUT2D eigenvalue weighted by Crippen LogP contribution is 2.28. The average Bonchev–Trinajstić information content (AvgIpc) is 2.64. The van der Waals surface area contributed by atoms with Gasteiger partial charge in [0.15, 0.2) is 11.6 Å². The Labute approximate surface area is 98.5 Å². The van der Waals surface area contributed by atoms with Crippen LogP contribution in [0.2, 0.25) is 5.02 Å². The van der Waals surface area contributed by atoms with E-state index in [-0.39, 0.29) is 6.61 Å². The Morgan fingerprint density at radius 2 is 2.12 bits per heavy atom. The second-order valence-electron chi connectivity index (χ2n) is 3.59. The molecule has 0 radical (unpaired) electrons. The summed E-state index contributed by atoms with van der Waals surface area (Å²) in [7, 11) is 1.81. The van der Waals surface area contributed by atoms with Crippen LogP contribution in [0, 0.1) is 6.92 Å². The fourth-order valence-electron chi connectivity index (χ4n) is 1.55. The van der Waals surface area contributed by atoms with Crippen molar-refractivity contribution in [2.24, 2.45) is 7.05 Å². The first-order valence-corrected chi connectivity index (χ1v) is 5.27. The number of hydrogen-bond donors (Lipinski definition) is 1. The number of aliphatic hydroxyl groups is 1. The van der Waals surface area contributed by atoms with E-state index in [1.54, 1.807) is 11.6 Å². The molecule has 0 fully saturated rings. The van der Waals surface area contributed by atoms with Gasteiger partial charge in [-0.3, -0.25) is 0 Å². The number of rotatable bonds is 2. The molecule has 5 heteroatoms. The number of nitrogens with zero attached hydrogens (tertiary/aromatic N) is 3. The minimum atomic E-state index is -0.132. The summed E-state index contributed by atoms with van der Waals surface area (Å²) in [6.45, 7) is 1.81. The molecular weight excluding hydrogens is 226 g/mol. The van der Waals surface area contributed by atoms with Gasteiger partial charge in [-0.2, -0.15) is 0 Å². The second kappa shape index (κ2) is 4.23. The van der Waals surface area contributed by atoms with Gasteiger partial charge in [-0.05, 0) is 18.6 Å². The van der Waals surface area contributed by atoms with Crippen LogP contribution in [0.5, 0.6) is 0 Å². The molecule has 0 aliphatic carbocycles. The van der Waals surface area contributed by atoms with Crippen molar-refractivity contribution in [3.05, 3.63) is 34.6 Å². The van der Waals surface area contributed by atoms with Crippen molar-refractivity contribution < 1.29 is 5.11 Å². The molecule has 84 valence electrons. The molecule has 1 N–H and O–H groups in total. The lowest BCUT2D eigenvalue weighted by atomic mass is 10.1. The summed E-state index contributed by atoms with van der Waals surface area (Å²) >= 11 is 6.21. The Morgan fingerprint density at radius 3 is 2.75 bits per heavy atom. The van der Waals surface area contributed by atoms with Crippen LogP contribution in [-0.2, 0) is 13.7 Å². The molecule has 0 saturated carbocycles. The van der Waals surface area contributed by atoms with E-state index >= 15 is 0 Å². The van der Waals surface area contributed by atoms with Crippen LogP contribution in [0.25, 0.3) is 11.4 Å². The molecule has 0 unspecified atom stereocenters. The molecule has 4 nitrogen and oxygen atoms in total. The minimum absolute atomic E-state index is 0.132. The predicted molar refractivity (Wildman–Crippen MR) is 62.1 cm³/mol. The van der Waals surface area contributed by atoms with E-state index in [0.717, 1.165) is 11.1 Å². The zero-order valence-corrected chi connectivity index (χ0v) is 9.86. The molecule has 0 spiro atoms. The summed E-state index contributed by atoms with van der Waals surface area (Å²) in [6, 6.07) is 5.75. The quantitative estimate of drug-likeness (QED) is 0.869. The van der Waals surface area contributed by atoms with Crippen LogP contribution < -0.4 is 0 Å². The lowest BCUT2D eigenvalue weighted by Crippen LogP contribution is -1.99. The SMILES string of the molecule is Cc1cccc(-c2nnc(CO)n2C)c1Cl. The number of benzene rings is 1. The molecule has 0 saturated heterocycles. The molecule has 0 aliphatic heterocycles. The molecule has 2 aromatic rings. The van der Waals surface area contributed by atoms with Crippen molar-refractivity contribution in [1.29, 1.82) is 0 Å². The van der Waals surface area contributed by atoms with E-state index in [9.17, 15) is 0 Å². The van der Waals surface area contributed by atoms with Crippen molar-refractivity contribution in [2.45, 2.75) is 13.5 Å². The smallest absolute Gasteiger partial charge is 0.165 e. The van der Waals surface area contributed by atoms with Crippen LogP contribution in [-0.4, -0.2) is 19.9 Å². The number of aryl methyl sites for hydroxylation is 1. The zero-order valence-electron chi connectivity index (χ0n) is 9.11. The maximum absolute atomic E-state index is 9.05. The molecule has 0 amide bonds. The minimum Gasteiger partial charge on any atom is -0.388 e. The van der Waals surface area contributed by atoms with Crippen molar-refractivity contribution in [3.63, 3.8) is 0 Å². The van der Waals surface area contributed by atoms with E-state index in [4.69, 9.17) is 16.7 Å². The molecule has 0 atom stereocenters. The van der Waals surface area contributed by atoms with Gasteiger partial charge in [-0.1, -0.05) is 23.7 Å². The van der Waals surface area contributed by atoms with E-state index in [0.29, 0.717) is 16.7 Å². The highest BCUT2D eigenvalue weighted by atomic mass is 35.5. The Kier molecular flexibility index (Phi) is 2.94. The first-order chi connectivity index (χ1) is 7.65. The largest absolute Gasteiger partial charge is 0.388 e. The standard InChI is InChI=1S/C11H12ClN3O/c1-7-4-3-5-8(10(7)12)11-14-13-9(6-16)15(11)2/h3-5,16H,6H2,1-2H3. The fraction of sp³-hybridized carbons (Fsp3) is 0.273. The van der Waals surface area contributed by atoms with Crippen LogP contribution in [0.3, 0.4) is 0 Å². The van der Waals surface area contributed by atoms with Gasteiger partial charge in [0.1, 0.15) is 6.61 Å². The maximum atomic E-state index is 9.05. The maximum Gasteiger partial charge on any atom is 0.165 e. The van der Waals surface area contributed by atoms with Crippen LogP contribution in [0.4, 0.5) is 0 Å². The van der Waals surface area contributed by atoms with Crippen molar-refractivity contribution in [1.82, 2.24) is 14.8 Å². The van der Waals surface area contributed by atoms with E-state index < -0.39 is 0 Å². The Hall–Kier alpha value is -1.39. The molecule has 2 rings (SSSR count). The Morgan fingerprint density at radius 1 is 1.38 bits per heavy atom. The molecular formula is C11H12ClN3O. The van der Waals surface area contributed by atoms with Crippen molar-refractivity contribution in [2.75, 3.05) is 0 Å². The number of halogens is 1. The van der Waals surface area contributed by atoms with Gasteiger partial charge in [-0.15, -0.1) is 10.2 Å². The highest BCUT2D eigenvalue weighted by molar-refractivity contribution is 6.33. The van der Waals surface area contributed by atoms with Crippen LogP contribution in [0.1, 0.15) is 11.4 Å². The summed E-state index contributed by atoms with van der Waals surface area (Å²) in [5, 5.41) is 17.6. The average molecular weight is 238 g/mol. The summed E-state index contributed by atoms with van der Waals surface area (Å²) in [4.78, 5) is 0. The van der Waals surface area contributed by atoms with E-state index in [2.05, 4.69) is 10.2 Å². The summed E-state index contributed by atoms with van der Waals surface area (Å²) < 4.78 is 1.74. The topological polar surface area (TPSA) is 50.9 Å². The van der Waals surface area contributed by atoms with Gasteiger partial charge in [-0.25, -0.2) is 0 Å². The third-order valence-corrected chi connectivity index (χ3v) is 3.04. The van der Waals surface area contributed by atoms with Gasteiger partial charge in [0.05, 0.1) is 5.02 Å². The monoisotopic (exact) mass is 237 g/mol. The first kappa shape index (κ1) is 11.1. The zero-order chi connectivity index (χ0) is 11.7. The summed E-state index contributed by atoms with van der Waals surface area (Å²) in [6.07, 6.45) is 0. The van der Waals surface area contributed by atoms with Gasteiger partial charge in [0, 0.05) is 12.6 Å². The molecule has 16 heavy (non-hydrogen) atoms. The predicted octanol–water partition coefficient (Wildman–Crippen LogP) is 1.94. The molecule has 0 bridgehead atoms. The van der Waals surface area contributed by atoms with E-state index in [1.807, 2.05) is 25.1 Å². The van der Waals surface area contributed by atoms with Crippen molar-refractivity contribution in [3.8, 4) is 11.4 Å². The number of aromatic nitrogens is 3. The summed E-state index contributed by atoms with van der Waals surface area (Å²) in [5.74, 6) is 1.19. The van der Waals surface area contributed by atoms with Crippen molar-refractivity contribution >= 4 is 11.6 Å². The highest BCUT2D eigenvalue weighted by Gasteiger charge is 2.13. The summed E-state index contributed by atoms with van der Waals surface area (Å²) in [5.41, 5.74) is 1.82. The lowest BCUT2D eigenvalue weighted by molar-refractivity contribution is 0.267. The van der Waals surface area contributed by atoms with Crippen LogP contribution in [0.15, 0.2) is 18.2 Å². The Bertz CT molecular complexity index is 522. The second-order valence-corrected chi connectivity index (χ2v) is 3.97. The molecule has 1 aromatic heterocycles. The Balaban J connectivity index is 2.59. The third-order valence-electron chi connectivity index (χ3n) is 2.54. The van der Waals surface area contributed by atoms with Gasteiger partial charge in [0.25, 0.3) is 0 Å². The molecule has 1 heterocycles.